The molecule has 0 saturated carbocycles. The molecule has 0 spiro atoms. The molecule has 0 aliphatic carbocycles. The van der Waals surface area contributed by atoms with Crippen molar-refractivity contribution in [1.29, 1.82) is 5.26 Å². The number of aromatic amines is 1. The number of benzene rings is 1. The summed E-state index contributed by atoms with van der Waals surface area (Å²) >= 11 is 12.3. The summed E-state index contributed by atoms with van der Waals surface area (Å²) in [7, 11) is 0. The van der Waals surface area contributed by atoms with Crippen molar-refractivity contribution in [2.45, 2.75) is 0 Å². The van der Waals surface area contributed by atoms with Crippen molar-refractivity contribution in [3.63, 3.8) is 0 Å². The molecule has 7 nitrogen and oxygen atoms in total. The van der Waals surface area contributed by atoms with E-state index in [9.17, 15) is 5.26 Å². The van der Waals surface area contributed by atoms with E-state index >= 15 is 0 Å². The Morgan fingerprint density at radius 1 is 1.30 bits per heavy atom. The van der Waals surface area contributed by atoms with Crippen LogP contribution in [0.5, 0.6) is 0 Å². The van der Waals surface area contributed by atoms with Crippen molar-refractivity contribution >= 4 is 40.2 Å². The summed E-state index contributed by atoms with van der Waals surface area (Å²) in [5, 5.41) is 20.6. The maximum atomic E-state index is 9.41. The van der Waals surface area contributed by atoms with E-state index < -0.39 is 0 Å². The lowest BCUT2D eigenvalue weighted by molar-refractivity contribution is 0.989. The van der Waals surface area contributed by atoms with Gasteiger partial charge in [-0.25, -0.2) is 4.98 Å². The van der Waals surface area contributed by atoms with E-state index in [0.29, 0.717) is 51.4 Å². The van der Waals surface area contributed by atoms with Crippen LogP contribution < -0.4 is 11.1 Å². The van der Waals surface area contributed by atoms with Gasteiger partial charge in [0.25, 0.3) is 0 Å². The fraction of sp³-hybridized carbons (Fsp3) is 0.143. The number of aromatic nitrogens is 4. The van der Waals surface area contributed by atoms with Gasteiger partial charge in [0, 0.05) is 18.7 Å². The molecular weight excluding hydrogens is 337 g/mol. The van der Waals surface area contributed by atoms with Gasteiger partial charge in [-0.2, -0.15) is 15.3 Å². The number of nitrogens with zero attached hydrogens (tertiary/aromatic N) is 4. The molecule has 0 atom stereocenters. The zero-order valence-corrected chi connectivity index (χ0v) is 13.3. The maximum absolute atomic E-state index is 9.41. The molecule has 3 aromatic rings. The Kier molecular flexibility index (Phi) is 4.30. The molecule has 0 radical (unpaired) electrons. The summed E-state index contributed by atoms with van der Waals surface area (Å²) < 4.78 is 0. The Morgan fingerprint density at radius 2 is 2.13 bits per heavy atom. The molecular formula is C14H11Cl2N7. The molecule has 2 heterocycles. The van der Waals surface area contributed by atoms with Crippen molar-refractivity contribution in [1.82, 2.24) is 20.2 Å². The molecule has 116 valence electrons. The van der Waals surface area contributed by atoms with Crippen molar-refractivity contribution in [3.8, 4) is 17.3 Å². The van der Waals surface area contributed by atoms with Gasteiger partial charge in [-0.1, -0.05) is 35.3 Å². The lowest BCUT2D eigenvalue weighted by Gasteiger charge is -2.05. The topological polar surface area (TPSA) is 116 Å². The zero-order chi connectivity index (χ0) is 16.4. The second kappa shape index (κ2) is 6.38. The zero-order valence-electron chi connectivity index (χ0n) is 11.8. The Hall–Kier alpha value is -2.40. The summed E-state index contributed by atoms with van der Waals surface area (Å²) in [6.07, 6.45) is 0. The van der Waals surface area contributed by atoms with Gasteiger partial charge in [-0.05, 0) is 6.07 Å². The number of nitriles is 1. The minimum absolute atomic E-state index is 0.189. The standard InChI is InChI=1S/C14H11Cl2N7/c15-8-3-1-2-7(11(8)16)12-10-9(6-18)20-14(19-5-4-17)21-13(10)23-22-12/h1-3H,4-5,17H2,(H2,19,20,21,22,23). The quantitative estimate of drug-likeness (QED) is 0.667. The minimum atomic E-state index is 0.189. The predicted octanol–water partition coefficient (Wildman–Crippen LogP) is 2.57. The van der Waals surface area contributed by atoms with E-state index in [0.717, 1.165) is 0 Å². The van der Waals surface area contributed by atoms with Crippen LogP contribution in [0, 0.1) is 11.3 Å². The number of anilines is 1. The number of H-pyrrole nitrogens is 1. The average Bonchev–Trinajstić information content (AvgIpc) is 2.98. The molecule has 1 aromatic carbocycles. The van der Waals surface area contributed by atoms with Crippen LogP contribution in [-0.2, 0) is 0 Å². The van der Waals surface area contributed by atoms with Crippen LogP contribution >= 0.6 is 23.2 Å². The minimum Gasteiger partial charge on any atom is -0.353 e. The number of rotatable bonds is 4. The number of hydrogen-bond donors (Lipinski definition) is 3. The first kappa shape index (κ1) is 15.5. The Balaban J connectivity index is 2.21. The van der Waals surface area contributed by atoms with Gasteiger partial charge >= 0.3 is 0 Å². The van der Waals surface area contributed by atoms with Crippen molar-refractivity contribution in [2.24, 2.45) is 5.73 Å². The van der Waals surface area contributed by atoms with Crippen LogP contribution in [0.3, 0.4) is 0 Å². The average molecular weight is 348 g/mol. The van der Waals surface area contributed by atoms with Crippen molar-refractivity contribution in [2.75, 3.05) is 18.4 Å². The molecule has 0 saturated heterocycles. The van der Waals surface area contributed by atoms with Gasteiger partial charge in [-0.15, -0.1) is 0 Å². The highest BCUT2D eigenvalue weighted by Crippen LogP contribution is 2.36. The van der Waals surface area contributed by atoms with E-state index in [-0.39, 0.29) is 5.69 Å². The summed E-state index contributed by atoms with van der Waals surface area (Å²) in [5.41, 5.74) is 7.15. The van der Waals surface area contributed by atoms with Crippen LogP contribution in [0.25, 0.3) is 22.3 Å². The van der Waals surface area contributed by atoms with E-state index in [1.807, 2.05) is 0 Å². The molecule has 9 heteroatoms. The second-order valence-electron chi connectivity index (χ2n) is 4.62. The normalized spacial score (nSPS) is 10.7. The smallest absolute Gasteiger partial charge is 0.226 e. The molecule has 2 aromatic heterocycles. The molecule has 0 fully saturated rings. The summed E-state index contributed by atoms with van der Waals surface area (Å²) in [4.78, 5) is 8.49. The van der Waals surface area contributed by atoms with Gasteiger partial charge in [0.05, 0.1) is 15.4 Å². The monoisotopic (exact) mass is 347 g/mol. The lowest BCUT2D eigenvalue weighted by Crippen LogP contribution is -2.15. The number of halogens is 2. The highest BCUT2D eigenvalue weighted by Gasteiger charge is 2.19. The summed E-state index contributed by atoms with van der Waals surface area (Å²) in [5.74, 6) is 0.312. The molecule has 0 unspecified atom stereocenters. The van der Waals surface area contributed by atoms with E-state index in [1.54, 1.807) is 18.2 Å². The third kappa shape index (κ3) is 2.80. The first-order valence-electron chi connectivity index (χ1n) is 6.70. The van der Waals surface area contributed by atoms with Gasteiger partial charge in [0.1, 0.15) is 11.8 Å². The van der Waals surface area contributed by atoms with Crippen molar-refractivity contribution in [3.05, 3.63) is 33.9 Å². The molecule has 0 bridgehead atoms. The van der Waals surface area contributed by atoms with Crippen LogP contribution in [-0.4, -0.2) is 33.3 Å². The fourth-order valence-corrected chi connectivity index (χ4v) is 2.55. The number of hydrogen-bond acceptors (Lipinski definition) is 6. The number of nitrogens with one attached hydrogen (secondary N) is 2. The van der Waals surface area contributed by atoms with Crippen LogP contribution in [0.4, 0.5) is 5.95 Å². The predicted molar refractivity (Wildman–Crippen MR) is 89.4 cm³/mol. The molecule has 3 rings (SSSR count). The van der Waals surface area contributed by atoms with Gasteiger partial charge in [0.15, 0.2) is 11.3 Å². The lowest BCUT2D eigenvalue weighted by atomic mass is 10.1. The van der Waals surface area contributed by atoms with Crippen LogP contribution in [0.2, 0.25) is 10.0 Å². The SMILES string of the molecule is N#Cc1nc(NCCN)nc2[nH]nc(-c3cccc(Cl)c3Cl)c12. The van der Waals surface area contributed by atoms with E-state index in [2.05, 4.69) is 31.6 Å². The van der Waals surface area contributed by atoms with E-state index in [1.165, 1.54) is 0 Å². The summed E-state index contributed by atoms with van der Waals surface area (Å²) in [6.45, 7) is 0.924. The second-order valence-corrected chi connectivity index (χ2v) is 5.41. The molecule has 0 aliphatic rings. The molecule has 0 aliphatic heterocycles. The number of nitrogens with two attached hydrogens (primary N) is 1. The largest absolute Gasteiger partial charge is 0.353 e. The van der Waals surface area contributed by atoms with Gasteiger partial charge < -0.3 is 11.1 Å². The summed E-state index contributed by atoms with van der Waals surface area (Å²) in [6, 6.07) is 7.27. The Bertz CT molecular complexity index is 913. The van der Waals surface area contributed by atoms with Crippen molar-refractivity contribution < 1.29 is 0 Å². The third-order valence-corrected chi connectivity index (χ3v) is 3.98. The third-order valence-electron chi connectivity index (χ3n) is 3.16. The van der Waals surface area contributed by atoms with Gasteiger partial charge in [-0.3, -0.25) is 5.10 Å². The Morgan fingerprint density at radius 3 is 2.87 bits per heavy atom. The highest BCUT2D eigenvalue weighted by molar-refractivity contribution is 6.43. The van der Waals surface area contributed by atoms with Crippen LogP contribution in [0.1, 0.15) is 5.69 Å². The first-order chi connectivity index (χ1) is 11.2. The fourth-order valence-electron chi connectivity index (χ4n) is 2.16. The molecule has 23 heavy (non-hydrogen) atoms. The number of fused-ring (bicyclic) bond motifs is 1. The molecule has 4 N–H and O–H groups in total. The first-order valence-corrected chi connectivity index (χ1v) is 7.45. The maximum Gasteiger partial charge on any atom is 0.226 e. The van der Waals surface area contributed by atoms with E-state index in [4.69, 9.17) is 28.9 Å². The highest BCUT2D eigenvalue weighted by atomic mass is 35.5. The van der Waals surface area contributed by atoms with Gasteiger partial charge in [0.2, 0.25) is 5.95 Å². The van der Waals surface area contributed by atoms with Crippen LogP contribution in [0.15, 0.2) is 18.2 Å². The Labute approximate surface area is 141 Å². The molecule has 0 amide bonds.